The second kappa shape index (κ2) is 6.39. The van der Waals surface area contributed by atoms with E-state index >= 15 is 0 Å². The minimum Gasteiger partial charge on any atom is -0.352 e. The molecule has 0 bridgehead atoms. The van der Waals surface area contributed by atoms with E-state index < -0.39 is 0 Å². The quantitative estimate of drug-likeness (QED) is 0.788. The van der Waals surface area contributed by atoms with E-state index in [1.807, 2.05) is 0 Å². The third-order valence-corrected chi connectivity index (χ3v) is 4.21. The van der Waals surface area contributed by atoms with Gasteiger partial charge in [0.1, 0.15) is 0 Å². The molecule has 17 heavy (non-hydrogen) atoms. The fraction of sp³-hybridized carbons (Fsp3) is 0.929. The number of nitrogens with one attached hydrogen (secondary N) is 2. The zero-order valence-corrected chi connectivity index (χ0v) is 11.0. The van der Waals surface area contributed by atoms with Gasteiger partial charge in [0.15, 0.2) is 0 Å². The van der Waals surface area contributed by atoms with Gasteiger partial charge in [0.25, 0.3) is 0 Å². The molecule has 0 spiro atoms. The van der Waals surface area contributed by atoms with Crippen molar-refractivity contribution in [2.45, 2.75) is 70.4 Å². The van der Waals surface area contributed by atoms with Crippen molar-refractivity contribution in [3.05, 3.63) is 0 Å². The third-order valence-electron chi connectivity index (χ3n) is 4.21. The zero-order valence-electron chi connectivity index (χ0n) is 11.0. The summed E-state index contributed by atoms with van der Waals surface area (Å²) >= 11 is 0. The maximum Gasteiger partial charge on any atom is 0.234 e. The van der Waals surface area contributed by atoms with E-state index in [1.54, 1.807) is 0 Å². The molecular weight excluding hydrogens is 212 g/mol. The average molecular weight is 238 g/mol. The van der Waals surface area contributed by atoms with Crippen LogP contribution in [0.25, 0.3) is 0 Å². The number of carbonyl (C=O) groups excluding carboxylic acids is 1. The SMILES string of the molecule is CC1CCCC(NC(=O)CNC2CCCC2)C1. The highest BCUT2D eigenvalue weighted by atomic mass is 16.1. The normalized spacial score (nSPS) is 30.4. The lowest BCUT2D eigenvalue weighted by molar-refractivity contribution is -0.121. The van der Waals surface area contributed by atoms with Gasteiger partial charge >= 0.3 is 0 Å². The highest BCUT2D eigenvalue weighted by Crippen LogP contribution is 2.23. The third kappa shape index (κ3) is 4.30. The molecule has 2 atom stereocenters. The first-order valence-corrected chi connectivity index (χ1v) is 7.27. The highest BCUT2D eigenvalue weighted by molar-refractivity contribution is 5.78. The smallest absolute Gasteiger partial charge is 0.234 e. The van der Waals surface area contributed by atoms with E-state index in [1.165, 1.54) is 44.9 Å². The molecule has 0 heterocycles. The molecule has 2 unspecified atom stereocenters. The fourth-order valence-electron chi connectivity index (χ4n) is 3.21. The van der Waals surface area contributed by atoms with Gasteiger partial charge in [-0.15, -0.1) is 0 Å². The zero-order chi connectivity index (χ0) is 12.1. The lowest BCUT2D eigenvalue weighted by Crippen LogP contribution is -2.44. The number of hydrogen-bond acceptors (Lipinski definition) is 2. The Hall–Kier alpha value is -0.570. The van der Waals surface area contributed by atoms with Crippen LogP contribution in [0.15, 0.2) is 0 Å². The van der Waals surface area contributed by atoms with Crippen molar-refractivity contribution in [2.75, 3.05) is 6.54 Å². The van der Waals surface area contributed by atoms with Gasteiger partial charge in [-0.3, -0.25) is 4.79 Å². The fourth-order valence-corrected chi connectivity index (χ4v) is 3.21. The molecule has 0 aliphatic heterocycles. The van der Waals surface area contributed by atoms with Crippen molar-refractivity contribution in [3.8, 4) is 0 Å². The average Bonchev–Trinajstić information content (AvgIpc) is 2.79. The number of amides is 1. The minimum atomic E-state index is 0.191. The van der Waals surface area contributed by atoms with Gasteiger partial charge in [-0.25, -0.2) is 0 Å². The maximum absolute atomic E-state index is 11.8. The Balaban J connectivity index is 1.62. The van der Waals surface area contributed by atoms with Crippen LogP contribution in [-0.4, -0.2) is 24.5 Å². The summed E-state index contributed by atoms with van der Waals surface area (Å²) < 4.78 is 0. The molecule has 2 saturated carbocycles. The molecular formula is C14H26N2O. The standard InChI is InChI=1S/C14H26N2O/c1-11-5-4-8-13(9-11)16-14(17)10-15-12-6-2-3-7-12/h11-13,15H,2-10H2,1H3,(H,16,17). The molecule has 2 aliphatic carbocycles. The van der Waals surface area contributed by atoms with Crippen molar-refractivity contribution >= 4 is 5.91 Å². The minimum absolute atomic E-state index is 0.191. The molecule has 2 N–H and O–H groups in total. The van der Waals surface area contributed by atoms with Crippen LogP contribution in [0.2, 0.25) is 0 Å². The lowest BCUT2D eigenvalue weighted by Gasteiger charge is -2.27. The largest absolute Gasteiger partial charge is 0.352 e. The summed E-state index contributed by atoms with van der Waals surface area (Å²) in [7, 11) is 0. The maximum atomic E-state index is 11.8. The molecule has 3 heteroatoms. The van der Waals surface area contributed by atoms with Crippen LogP contribution in [0.4, 0.5) is 0 Å². The highest BCUT2D eigenvalue weighted by Gasteiger charge is 2.21. The molecule has 0 saturated heterocycles. The van der Waals surface area contributed by atoms with Crippen LogP contribution in [0.1, 0.15) is 58.3 Å². The van der Waals surface area contributed by atoms with Crippen LogP contribution in [0.3, 0.4) is 0 Å². The van der Waals surface area contributed by atoms with Crippen molar-refractivity contribution in [3.63, 3.8) is 0 Å². The van der Waals surface area contributed by atoms with E-state index in [9.17, 15) is 4.79 Å². The van der Waals surface area contributed by atoms with E-state index in [0.29, 0.717) is 18.6 Å². The molecule has 0 aromatic heterocycles. The molecule has 98 valence electrons. The molecule has 2 aliphatic rings. The Morgan fingerprint density at radius 1 is 1.06 bits per heavy atom. The first kappa shape index (κ1) is 12.9. The van der Waals surface area contributed by atoms with Crippen molar-refractivity contribution in [1.82, 2.24) is 10.6 Å². The molecule has 2 rings (SSSR count). The van der Waals surface area contributed by atoms with Crippen LogP contribution in [0, 0.1) is 5.92 Å². The summed E-state index contributed by atoms with van der Waals surface area (Å²) in [5, 5.41) is 6.54. The Bertz CT molecular complexity index is 249. The molecule has 0 aromatic carbocycles. The Kier molecular flexibility index (Phi) is 4.84. The van der Waals surface area contributed by atoms with E-state index in [4.69, 9.17) is 0 Å². The predicted octanol–water partition coefficient (Wildman–Crippen LogP) is 2.21. The summed E-state index contributed by atoms with van der Waals surface area (Å²) in [6.45, 7) is 2.80. The van der Waals surface area contributed by atoms with Gasteiger partial charge in [0, 0.05) is 12.1 Å². The summed E-state index contributed by atoms with van der Waals surface area (Å²) in [4.78, 5) is 11.8. The van der Waals surface area contributed by atoms with Gasteiger partial charge in [-0.2, -0.15) is 0 Å². The molecule has 2 fully saturated rings. The Morgan fingerprint density at radius 2 is 1.76 bits per heavy atom. The van der Waals surface area contributed by atoms with Crippen LogP contribution < -0.4 is 10.6 Å². The van der Waals surface area contributed by atoms with E-state index in [-0.39, 0.29) is 5.91 Å². The lowest BCUT2D eigenvalue weighted by atomic mass is 9.87. The van der Waals surface area contributed by atoms with Crippen molar-refractivity contribution < 1.29 is 4.79 Å². The first-order valence-electron chi connectivity index (χ1n) is 7.27. The number of hydrogen-bond donors (Lipinski definition) is 2. The number of carbonyl (C=O) groups is 1. The Labute approximate surface area is 105 Å². The second-order valence-electron chi connectivity index (χ2n) is 5.90. The summed E-state index contributed by atoms with van der Waals surface area (Å²) in [6.07, 6.45) is 10.0. The van der Waals surface area contributed by atoms with Gasteiger partial charge in [-0.05, 0) is 31.6 Å². The second-order valence-corrected chi connectivity index (χ2v) is 5.90. The Morgan fingerprint density at radius 3 is 2.47 bits per heavy atom. The monoisotopic (exact) mass is 238 g/mol. The van der Waals surface area contributed by atoms with Crippen molar-refractivity contribution in [2.24, 2.45) is 5.92 Å². The first-order chi connectivity index (χ1) is 8.24. The van der Waals surface area contributed by atoms with Crippen LogP contribution in [0.5, 0.6) is 0 Å². The van der Waals surface area contributed by atoms with E-state index in [0.717, 1.165) is 12.3 Å². The summed E-state index contributed by atoms with van der Waals surface area (Å²) in [6, 6.07) is 1.02. The summed E-state index contributed by atoms with van der Waals surface area (Å²) in [5.41, 5.74) is 0. The van der Waals surface area contributed by atoms with Crippen molar-refractivity contribution in [1.29, 1.82) is 0 Å². The van der Waals surface area contributed by atoms with Gasteiger partial charge in [-0.1, -0.05) is 32.6 Å². The molecule has 3 nitrogen and oxygen atoms in total. The predicted molar refractivity (Wildman–Crippen MR) is 69.8 cm³/mol. The molecule has 0 radical (unpaired) electrons. The van der Waals surface area contributed by atoms with E-state index in [2.05, 4.69) is 17.6 Å². The van der Waals surface area contributed by atoms with Gasteiger partial charge < -0.3 is 10.6 Å². The van der Waals surface area contributed by atoms with Crippen LogP contribution in [-0.2, 0) is 4.79 Å². The van der Waals surface area contributed by atoms with Gasteiger partial charge in [0.05, 0.1) is 6.54 Å². The van der Waals surface area contributed by atoms with Gasteiger partial charge in [0.2, 0.25) is 5.91 Å². The number of rotatable bonds is 4. The molecule has 1 amide bonds. The molecule has 0 aromatic rings. The van der Waals surface area contributed by atoms with Crippen LogP contribution >= 0.6 is 0 Å². The summed E-state index contributed by atoms with van der Waals surface area (Å²) in [5.74, 6) is 0.966. The topological polar surface area (TPSA) is 41.1 Å².